The van der Waals surface area contributed by atoms with E-state index >= 15 is 0 Å². The lowest BCUT2D eigenvalue weighted by atomic mass is 9.95. The molecule has 2 aliphatic heterocycles. The molecule has 3 heterocycles. The van der Waals surface area contributed by atoms with Crippen LogP contribution in [0.15, 0.2) is 30.3 Å². The van der Waals surface area contributed by atoms with Crippen LogP contribution in [0.2, 0.25) is 5.15 Å². The molecule has 7 heteroatoms. The zero-order valence-corrected chi connectivity index (χ0v) is 17.3. The van der Waals surface area contributed by atoms with Gasteiger partial charge >= 0.3 is 0 Å². The molecular weight excluding hydrogens is 393 g/mol. The van der Waals surface area contributed by atoms with E-state index in [1.165, 1.54) is 11.1 Å². The van der Waals surface area contributed by atoms with Gasteiger partial charge in [0, 0.05) is 44.3 Å². The minimum atomic E-state index is 0. The van der Waals surface area contributed by atoms with Gasteiger partial charge in [0.2, 0.25) is 0 Å². The van der Waals surface area contributed by atoms with Crippen LogP contribution < -0.4 is 10.6 Å². The summed E-state index contributed by atoms with van der Waals surface area (Å²) in [6.07, 6.45) is 2.82. The Morgan fingerprint density at radius 3 is 2.54 bits per heavy atom. The normalized spacial score (nSPS) is 17.5. The predicted octanol–water partition coefficient (Wildman–Crippen LogP) is 3.51. The molecule has 28 heavy (non-hydrogen) atoms. The zero-order chi connectivity index (χ0) is 18.8. The molecule has 0 radical (unpaired) electrons. The Morgan fingerprint density at radius 2 is 1.86 bits per heavy atom. The fourth-order valence-electron chi connectivity index (χ4n) is 4.10. The lowest BCUT2D eigenvalue weighted by Crippen LogP contribution is -2.41. The van der Waals surface area contributed by atoms with Crippen LogP contribution in [-0.4, -0.2) is 35.6 Å². The van der Waals surface area contributed by atoms with Gasteiger partial charge in [-0.1, -0.05) is 41.9 Å². The molecule has 2 N–H and O–H groups in total. The molecule has 1 saturated heterocycles. The van der Waals surface area contributed by atoms with Crippen LogP contribution in [0.25, 0.3) is 0 Å². The largest absolute Gasteiger partial charge is 0.356 e. The first kappa shape index (κ1) is 20.9. The highest BCUT2D eigenvalue weighted by Crippen LogP contribution is 2.34. The first-order valence-corrected chi connectivity index (χ1v) is 9.91. The number of fused-ring (bicyclic) bond motifs is 1. The van der Waals surface area contributed by atoms with Crippen molar-refractivity contribution in [2.24, 2.45) is 5.73 Å². The third-order valence-electron chi connectivity index (χ3n) is 5.61. The van der Waals surface area contributed by atoms with Crippen LogP contribution in [0.5, 0.6) is 0 Å². The van der Waals surface area contributed by atoms with Crippen LogP contribution in [0.1, 0.15) is 35.1 Å². The molecule has 0 atom stereocenters. The Hall–Kier alpha value is -1.84. The van der Waals surface area contributed by atoms with Crippen molar-refractivity contribution in [1.29, 1.82) is 5.26 Å². The summed E-state index contributed by atoms with van der Waals surface area (Å²) < 4.78 is 0. The van der Waals surface area contributed by atoms with Gasteiger partial charge in [-0.3, -0.25) is 4.90 Å². The molecule has 0 unspecified atom stereocenters. The van der Waals surface area contributed by atoms with Gasteiger partial charge in [-0.25, -0.2) is 4.98 Å². The third kappa shape index (κ3) is 4.26. The number of hydrogen-bond acceptors (Lipinski definition) is 5. The summed E-state index contributed by atoms with van der Waals surface area (Å²) in [7, 11) is 0. The summed E-state index contributed by atoms with van der Waals surface area (Å²) in [5.74, 6) is 0.959. The minimum Gasteiger partial charge on any atom is -0.356 e. The molecule has 1 aromatic carbocycles. The number of aromatic nitrogens is 1. The van der Waals surface area contributed by atoms with E-state index in [1.807, 2.05) is 6.07 Å². The molecule has 4 rings (SSSR count). The van der Waals surface area contributed by atoms with Crippen LogP contribution in [0.3, 0.4) is 0 Å². The summed E-state index contributed by atoms with van der Waals surface area (Å²) in [4.78, 5) is 9.30. The average Bonchev–Trinajstić information content (AvgIpc) is 2.69. The average molecular weight is 418 g/mol. The maximum atomic E-state index is 9.66. The van der Waals surface area contributed by atoms with Crippen LogP contribution in [0.4, 0.5) is 5.82 Å². The number of benzene rings is 1. The Kier molecular flexibility index (Phi) is 6.79. The highest BCUT2D eigenvalue weighted by molar-refractivity contribution is 6.30. The van der Waals surface area contributed by atoms with Crippen molar-refractivity contribution in [3.05, 3.63) is 57.7 Å². The highest BCUT2D eigenvalue weighted by atomic mass is 35.5. The summed E-state index contributed by atoms with van der Waals surface area (Å²) in [6.45, 7) is 4.36. The van der Waals surface area contributed by atoms with E-state index < -0.39 is 0 Å². The molecule has 0 spiro atoms. The second-order valence-electron chi connectivity index (χ2n) is 7.44. The molecule has 0 aliphatic carbocycles. The van der Waals surface area contributed by atoms with E-state index in [0.29, 0.717) is 10.7 Å². The van der Waals surface area contributed by atoms with Gasteiger partial charge in [0.15, 0.2) is 0 Å². The van der Waals surface area contributed by atoms with E-state index in [2.05, 4.69) is 45.1 Å². The molecule has 5 nitrogen and oxygen atoms in total. The molecular formula is C21H25Cl2N5. The maximum Gasteiger partial charge on any atom is 0.149 e. The summed E-state index contributed by atoms with van der Waals surface area (Å²) in [5, 5.41) is 9.99. The maximum absolute atomic E-state index is 9.66. The summed E-state index contributed by atoms with van der Waals surface area (Å²) in [5.41, 5.74) is 10.1. The van der Waals surface area contributed by atoms with Crippen molar-refractivity contribution in [2.45, 2.75) is 38.4 Å². The second-order valence-corrected chi connectivity index (χ2v) is 7.80. The van der Waals surface area contributed by atoms with Gasteiger partial charge in [0.25, 0.3) is 0 Å². The van der Waals surface area contributed by atoms with Gasteiger partial charge in [-0.2, -0.15) is 5.26 Å². The number of nitrogens with zero attached hydrogens (tertiary/aromatic N) is 4. The first-order valence-electron chi connectivity index (χ1n) is 9.54. The fraction of sp³-hybridized carbons (Fsp3) is 0.429. The van der Waals surface area contributed by atoms with Crippen molar-refractivity contribution >= 4 is 29.8 Å². The van der Waals surface area contributed by atoms with Crippen LogP contribution >= 0.6 is 24.0 Å². The van der Waals surface area contributed by atoms with Gasteiger partial charge < -0.3 is 10.6 Å². The quantitative estimate of drug-likeness (QED) is 0.773. The number of piperidine rings is 1. The Bertz CT molecular complexity index is 857. The number of halogens is 2. The SMILES string of the molecule is Cl.N#Cc1c(Cl)nc(N2CCC(N)CC2)c2c1CN(Cc1ccccc1)CC2. The Morgan fingerprint density at radius 1 is 1.14 bits per heavy atom. The fourth-order valence-corrected chi connectivity index (χ4v) is 4.34. The van der Waals surface area contributed by atoms with E-state index in [-0.39, 0.29) is 18.4 Å². The number of anilines is 1. The zero-order valence-electron chi connectivity index (χ0n) is 15.8. The van der Waals surface area contributed by atoms with E-state index in [9.17, 15) is 5.26 Å². The molecule has 1 aromatic heterocycles. The van der Waals surface area contributed by atoms with Crippen molar-refractivity contribution in [3.8, 4) is 6.07 Å². The molecule has 0 bridgehead atoms. The molecule has 0 amide bonds. The molecule has 1 fully saturated rings. The van der Waals surface area contributed by atoms with Crippen molar-refractivity contribution in [3.63, 3.8) is 0 Å². The van der Waals surface area contributed by atoms with Crippen LogP contribution in [-0.2, 0) is 19.5 Å². The molecule has 2 aromatic rings. The third-order valence-corrected chi connectivity index (χ3v) is 5.88. The monoisotopic (exact) mass is 417 g/mol. The van der Waals surface area contributed by atoms with Crippen molar-refractivity contribution in [2.75, 3.05) is 24.5 Å². The Labute approximate surface area is 177 Å². The molecule has 148 valence electrons. The van der Waals surface area contributed by atoms with Crippen molar-refractivity contribution < 1.29 is 0 Å². The number of nitriles is 1. The second kappa shape index (κ2) is 9.11. The Balaban J connectivity index is 0.00000225. The smallest absolute Gasteiger partial charge is 0.149 e. The highest BCUT2D eigenvalue weighted by Gasteiger charge is 2.28. The van der Waals surface area contributed by atoms with E-state index in [1.54, 1.807) is 0 Å². The predicted molar refractivity (Wildman–Crippen MR) is 115 cm³/mol. The summed E-state index contributed by atoms with van der Waals surface area (Å²) >= 11 is 6.42. The van der Waals surface area contributed by atoms with Gasteiger partial charge in [-0.05, 0) is 30.4 Å². The molecule has 2 aliphatic rings. The lowest BCUT2D eigenvalue weighted by Gasteiger charge is -2.36. The number of rotatable bonds is 3. The summed E-state index contributed by atoms with van der Waals surface area (Å²) in [6, 6.07) is 13.0. The molecule has 0 saturated carbocycles. The van der Waals surface area contributed by atoms with E-state index in [0.717, 1.165) is 63.4 Å². The van der Waals surface area contributed by atoms with Gasteiger partial charge in [0.1, 0.15) is 17.0 Å². The standard InChI is InChI=1S/C21H24ClN5.ClH/c22-20-18(12-23)19-14-26(13-15-4-2-1-3-5-15)9-8-17(19)21(25-20)27-10-6-16(24)7-11-27;/h1-5,16H,6-11,13-14,24H2;1H. The first-order chi connectivity index (χ1) is 13.2. The number of pyridine rings is 1. The van der Waals surface area contributed by atoms with Crippen molar-refractivity contribution in [1.82, 2.24) is 9.88 Å². The lowest BCUT2D eigenvalue weighted by molar-refractivity contribution is 0.245. The van der Waals surface area contributed by atoms with Gasteiger partial charge in [0.05, 0.1) is 5.56 Å². The van der Waals surface area contributed by atoms with Crippen LogP contribution in [0, 0.1) is 11.3 Å². The topological polar surface area (TPSA) is 69.2 Å². The number of nitrogens with two attached hydrogens (primary N) is 1. The minimum absolute atomic E-state index is 0. The van der Waals surface area contributed by atoms with Gasteiger partial charge in [-0.15, -0.1) is 12.4 Å². The number of hydrogen-bond donors (Lipinski definition) is 1. The van der Waals surface area contributed by atoms with E-state index in [4.69, 9.17) is 17.3 Å².